The predicted molar refractivity (Wildman–Crippen MR) is 116 cm³/mol. The minimum Gasteiger partial charge on any atom is -0.339 e. The van der Waals surface area contributed by atoms with Crippen molar-refractivity contribution in [2.75, 3.05) is 6.54 Å². The van der Waals surface area contributed by atoms with Crippen molar-refractivity contribution in [1.29, 1.82) is 0 Å². The molecule has 162 valence electrons. The smallest absolute Gasteiger partial charge is 0.262 e. The zero-order chi connectivity index (χ0) is 21.7. The maximum absolute atomic E-state index is 13.7. The van der Waals surface area contributed by atoms with Crippen LogP contribution in [0.5, 0.6) is 0 Å². The van der Waals surface area contributed by atoms with Gasteiger partial charge in [-0.3, -0.25) is 19.3 Å². The Balaban J connectivity index is 1.54. The lowest BCUT2D eigenvalue weighted by Gasteiger charge is -2.48. The fourth-order valence-electron chi connectivity index (χ4n) is 6.24. The molecule has 5 heteroatoms. The summed E-state index contributed by atoms with van der Waals surface area (Å²) >= 11 is 0. The predicted octanol–water partition coefficient (Wildman–Crippen LogP) is 4.66. The van der Waals surface area contributed by atoms with Gasteiger partial charge in [0.15, 0.2) is 0 Å². The van der Waals surface area contributed by atoms with E-state index >= 15 is 0 Å². The van der Waals surface area contributed by atoms with Crippen molar-refractivity contribution in [2.24, 2.45) is 11.3 Å². The molecule has 2 atom stereocenters. The van der Waals surface area contributed by atoms with E-state index in [0.717, 1.165) is 19.4 Å². The zero-order valence-corrected chi connectivity index (χ0v) is 18.7. The third-order valence-corrected chi connectivity index (χ3v) is 7.36. The topological polar surface area (TPSA) is 57.7 Å². The fraction of sp³-hybridized carbons (Fsp3) is 0.640. The van der Waals surface area contributed by atoms with Crippen LogP contribution >= 0.6 is 0 Å². The highest BCUT2D eigenvalue weighted by Crippen LogP contribution is 2.41. The van der Waals surface area contributed by atoms with E-state index in [1.165, 1.54) is 30.6 Å². The van der Waals surface area contributed by atoms with Crippen molar-refractivity contribution >= 4 is 17.7 Å². The van der Waals surface area contributed by atoms with Crippen LogP contribution in [0.2, 0.25) is 0 Å². The Morgan fingerprint density at radius 1 is 0.933 bits per heavy atom. The molecule has 1 aromatic rings. The zero-order valence-electron chi connectivity index (χ0n) is 18.7. The van der Waals surface area contributed by atoms with Crippen LogP contribution in [0.15, 0.2) is 24.3 Å². The average Bonchev–Trinajstić information content (AvgIpc) is 2.97. The van der Waals surface area contributed by atoms with Crippen LogP contribution in [-0.4, -0.2) is 45.6 Å². The quantitative estimate of drug-likeness (QED) is 0.679. The van der Waals surface area contributed by atoms with Crippen molar-refractivity contribution < 1.29 is 14.4 Å². The number of carbonyl (C=O) groups excluding carboxylic acids is 3. The minimum atomic E-state index is -0.756. The molecule has 2 heterocycles. The third-order valence-electron chi connectivity index (χ3n) is 7.36. The summed E-state index contributed by atoms with van der Waals surface area (Å²) in [6, 6.07) is 7.34. The van der Waals surface area contributed by atoms with Gasteiger partial charge in [-0.25, -0.2) is 0 Å². The number of benzene rings is 1. The summed E-state index contributed by atoms with van der Waals surface area (Å²) in [6.45, 7) is 8.59. The number of amides is 3. The van der Waals surface area contributed by atoms with Gasteiger partial charge < -0.3 is 4.90 Å². The highest BCUT2D eigenvalue weighted by Gasteiger charge is 2.49. The van der Waals surface area contributed by atoms with Crippen molar-refractivity contribution in [1.82, 2.24) is 9.80 Å². The molecule has 2 aliphatic heterocycles. The Morgan fingerprint density at radius 2 is 1.50 bits per heavy atom. The van der Waals surface area contributed by atoms with Gasteiger partial charge in [-0.2, -0.15) is 0 Å². The van der Waals surface area contributed by atoms with E-state index in [1.54, 1.807) is 24.3 Å². The summed E-state index contributed by atoms with van der Waals surface area (Å²) in [5, 5.41) is 0. The van der Waals surface area contributed by atoms with Gasteiger partial charge in [0.2, 0.25) is 5.91 Å². The van der Waals surface area contributed by atoms with Crippen LogP contribution in [0.4, 0.5) is 0 Å². The van der Waals surface area contributed by atoms with Crippen molar-refractivity contribution in [3.05, 3.63) is 35.4 Å². The molecule has 0 aromatic heterocycles. The maximum atomic E-state index is 13.7. The molecule has 1 saturated carbocycles. The third kappa shape index (κ3) is 3.46. The molecule has 5 nitrogen and oxygen atoms in total. The van der Waals surface area contributed by atoms with E-state index in [9.17, 15) is 14.4 Å². The maximum Gasteiger partial charge on any atom is 0.262 e. The van der Waals surface area contributed by atoms with E-state index in [0.29, 0.717) is 29.5 Å². The first kappa shape index (κ1) is 21.1. The average molecular weight is 411 g/mol. The number of hydrogen-bond donors (Lipinski definition) is 0. The number of rotatable bonds is 4. The van der Waals surface area contributed by atoms with Crippen LogP contribution in [0.1, 0.15) is 93.4 Å². The van der Waals surface area contributed by atoms with Gasteiger partial charge in [0.05, 0.1) is 11.1 Å². The van der Waals surface area contributed by atoms with Gasteiger partial charge >= 0.3 is 0 Å². The van der Waals surface area contributed by atoms with E-state index in [2.05, 4.69) is 4.90 Å². The summed E-state index contributed by atoms with van der Waals surface area (Å²) in [5.74, 6) is 0.295. The number of nitrogens with zero attached hydrogens (tertiary/aromatic N) is 2. The second-order valence-corrected chi connectivity index (χ2v) is 10.6. The largest absolute Gasteiger partial charge is 0.339 e. The summed E-state index contributed by atoms with van der Waals surface area (Å²) in [7, 11) is 0. The van der Waals surface area contributed by atoms with Crippen molar-refractivity contribution in [2.45, 2.75) is 84.2 Å². The molecular formula is C25H34N2O3. The molecule has 0 radical (unpaired) electrons. The molecule has 0 bridgehead atoms. The summed E-state index contributed by atoms with van der Waals surface area (Å²) in [4.78, 5) is 43.2. The van der Waals surface area contributed by atoms with E-state index in [1.807, 2.05) is 27.7 Å². The van der Waals surface area contributed by atoms with Crippen LogP contribution < -0.4 is 0 Å². The van der Waals surface area contributed by atoms with Gasteiger partial charge in [-0.1, -0.05) is 38.8 Å². The lowest BCUT2D eigenvalue weighted by atomic mass is 9.74. The molecular weight excluding hydrogens is 376 g/mol. The summed E-state index contributed by atoms with van der Waals surface area (Å²) < 4.78 is 0. The van der Waals surface area contributed by atoms with Gasteiger partial charge in [0.25, 0.3) is 11.8 Å². The van der Waals surface area contributed by atoms with Crippen molar-refractivity contribution in [3.8, 4) is 0 Å². The molecule has 2 unspecified atom stereocenters. The molecule has 0 spiro atoms. The monoisotopic (exact) mass is 410 g/mol. The first-order valence-electron chi connectivity index (χ1n) is 11.4. The molecule has 3 amide bonds. The standard InChI is InChI=1S/C25H34N2O3/c1-24(2,23(30)26-15-9-11-17-10-5-8-14-20(17)26)16-25(3,4)27-21(28)18-12-6-7-13-19(18)22(27)29/h6-7,12-13,17,20H,5,8-11,14-16H2,1-4H3. The van der Waals surface area contributed by atoms with Crippen LogP contribution in [0.3, 0.4) is 0 Å². The number of carbonyl (C=O) groups is 3. The number of likely N-dealkylation sites (tertiary alicyclic amines) is 1. The first-order chi connectivity index (χ1) is 14.1. The molecule has 2 fully saturated rings. The Bertz CT molecular complexity index is 836. The molecule has 3 aliphatic rings. The van der Waals surface area contributed by atoms with Gasteiger partial charge in [0.1, 0.15) is 0 Å². The molecule has 1 aliphatic carbocycles. The normalized spacial score (nSPS) is 24.7. The number of piperidine rings is 1. The molecule has 30 heavy (non-hydrogen) atoms. The Hall–Kier alpha value is -2.17. The summed E-state index contributed by atoms with van der Waals surface area (Å²) in [6.07, 6.45) is 7.56. The lowest BCUT2D eigenvalue weighted by Crippen LogP contribution is -2.56. The SMILES string of the molecule is CC(C)(CC(C)(C)N1C(=O)c2ccccc2C1=O)C(=O)N1CCCC2CCCCC21. The molecule has 1 saturated heterocycles. The summed E-state index contributed by atoms with van der Waals surface area (Å²) in [5.41, 5.74) is -0.492. The van der Waals surface area contributed by atoms with E-state index in [4.69, 9.17) is 0 Å². The minimum absolute atomic E-state index is 0.170. The lowest BCUT2D eigenvalue weighted by molar-refractivity contribution is -0.148. The second-order valence-electron chi connectivity index (χ2n) is 10.6. The van der Waals surface area contributed by atoms with Crippen molar-refractivity contribution in [3.63, 3.8) is 0 Å². The van der Waals surface area contributed by atoms with E-state index in [-0.39, 0.29) is 17.7 Å². The number of fused-ring (bicyclic) bond motifs is 2. The van der Waals surface area contributed by atoms with Gasteiger partial charge in [-0.05, 0) is 64.0 Å². The molecule has 4 rings (SSSR count). The number of hydrogen-bond acceptors (Lipinski definition) is 3. The first-order valence-corrected chi connectivity index (χ1v) is 11.4. The van der Waals surface area contributed by atoms with E-state index < -0.39 is 11.0 Å². The Kier molecular flexibility index (Phi) is 5.27. The van der Waals surface area contributed by atoms with Gasteiger partial charge in [0, 0.05) is 23.5 Å². The highest BCUT2D eigenvalue weighted by molar-refractivity contribution is 6.21. The van der Waals surface area contributed by atoms with Gasteiger partial charge in [-0.15, -0.1) is 0 Å². The Morgan fingerprint density at radius 3 is 2.13 bits per heavy atom. The van der Waals surface area contributed by atoms with Crippen LogP contribution in [0, 0.1) is 11.3 Å². The molecule has 1 aromatic carbocycles. The second kappa shape index (κ2) is 7.51. The highest BCUT2D eigenvalue weighted by atomic mass is 16.2. The molecule has 0 N–H and O–H groups in total. The number of imide groups is 1. The Labute approximate surface area is 179 Å². The van der Waals surface area contributed by atoms with Crippen LogP contribution in [-0.2, 0) is 4.79 Å². The fourth-order valence-corrected chi connectivity index (χ4v) is 6.24. The van der Waals surface area contributed by atoms with Crippen LogP contribution in [0.25, 0.3) is 0 Å².